The van der Waals surface area contributed by atoms with Gasteiger partial charge < -0.3 is 16.0 Å². The summed E-state index contributed by atoms with van der Waals surface area (Å²) < 4.78 is 0. The predicted octanol–water partition coefficient (Wildman–Crippen LogP) is 4.31. The summed E-state index contributed by atoms with van der Waals surface area (Å²) in [5.74, 6) is 0.987. The number of benzene rings is 1. The van der Waals surface area contributed by atoms with Gasteiger partial charge in [-0.3, -0.25) is 4.79 Å². The van der Waals surface area contributed by atoms with Crippen LogP contribution in [0.1, 0.15) is 49.4 Å². The second-order valence-corrected chi connectivity index (χ2v) is 8.07. The lowest BCUT2D eigenvalue weighted by atomic mass is 10.2. The van der Waals surface area contributed by atoms with Gasteiger partial charge in [0.1, 0.15) is 5.01 Å². The first-order valence-electron chi connectivity index (χ1n) is 9.41. The van der Waals surface area contributed by atoms with Gasteiger partial charge in [-0.1, -0.05) is 31.5 Å². The summed E-state index contributed by atoms with van der Waals surface area (Å²) in [6.07, 6.45) is 0.309. The highest BCUT2D eigenvalue weighted by atomic mass is 35.5. The van der Waals surface area contributed by atoms with E-state index < -0.39 is 0 Å². The number of carbonyl (C=O) groups excluding carboxylic acids is 1. The Balaban J connectivity index is 1.83. The largest absolute Gasteiger partial charge is 0.357 e. The van der Waals surface area contributed by atoms with Crippen LogP contribution in [0, 0.1) is 6.92 Å². The third kappa shape index (κ3) is 7.13. The summed E-state index contributed by atoms with van der Waals surface area (Å²) in [4.78, 5) is 21.3. The number of aromatic nitrogens is 1. The number of amides is 1. The molecule has 3 N–H and O–H groups in total. The number of aliphatic imine (C=N–C) groups is 1. The third-order valence-corrected chi connectivity index (χ3v) is 5.09. The number of hydrogen-bond acceptors (Lipinski definition) is 4. The Morgan fingerprint density at radius 3 is 2.75 bits per heavy atom. The zero-order chi connectivity index (χ0) is 20.5. The van der Waals surface area contributed by atoms with Gasteiger partial charge in [-0.05, 0) is 37.5 Å². The zero-order valence-corrected chi connectivity index (χ0v) is 18.4. The van der Waals surface area contributed by atoms with Gasteiger partial charge in [-0.15, -0.1) is 11.3 Å². The SMILES string of the molecule is CCNC(=NCc1nc(C(C)C)cs1)NCCC(=O)Nc1ccc(C)cc1Cl. The van der Waals surface area contributed by atoms with Crippen LogP contribution >= 0.6 is 22.9 Å². The van der Waals surface area contributed by atoms with Gasteiger partial charge in [-0.25, -0.2) is 9.98 Å². The van der Waals surface area contributed by atoms with Crippen LogP contribution < -0.4 is 16.0 Å². The van der Waals surface area contributed by atoms with Gasteiger partial charge >= 0.3 is 0 Å². The van der Waals surface area contributed by atoms with E-state index in [4.69, 9.17) is 11.6 Å². The zero-order valence-electron chi connectivity index (χ0n) is 16.8. The van der Waals surface area contributed by atoms with Crippen LogP contribution in [-0.4, -0.2) is 29.9 Å². The van der Waals surface area contributed by atoms with Crippen LogP contribution in [0.5, 0.6) is 0 Å². The van der Waals surface area contributed by atoms with Gasteiger partial charge in [0.2, 0.25) is 5.91 Å². The summed E-state index contributed by atoms with van der Waals surface area (Å²) in [6, 6.07) is 5.56. The van der Waals surface area contributed by atoms with Crippen LogP contribution in [0.4, 0.5) is 5.69 Å². The molecule has 0 radical (unpaired) electrons. The quantitative estimate of drug-likeness (QED) is 0.438. The molecule has 0 aliphatic heterocycles. The first-order chi connectivity index (χ1) is 13.4. The topological polar surface area (TPSA) is 78.4 Å². The van der Waals surface area contributed by atoms with E-state index in [0.717, 1.165) is 22.8 Å². The molecule has 0 saturated carbocycles. The van der Waals surface area contributed by atoms with Crippen LogP contribution in [0.25, 0.3) is 0 Å². The Morgan fingerprint density at radius 1 is 1.32 bits per heavy atom. The number of nitrogens with zero attached hydrogens (tertiary/aromatic N) is 2. The number of nitrogens with one attached hydrogen (secondary N) is 3. The molecule has 1 aromatic heterocycles. The first kappa shape index (κ1) is 22.2. The van der Waals surface area contributed by atoms with Crippen molar-refractivity contribution in [2.24, 2.45) is 4.99 Å². The summed E-state index contributed by atoms with van der Waals surface area (Å²) in [5.41, 5.74) is 2.78. The highest BCUT2D eigenvalue weighted by molar-refractivity contribution is 7.09. The molecule has 6 nitrogen and oxygen atoms in total. The Bertz CT molecular complexity index is 819. The summed E-state index contributed by atoms with van der Waals surface area (Å²) in [7, 11) is 0. The van der Waals surface area contributed by atoms with Crippen molar-refractivity contribution >= 4 is 40.5 Å². The second kappa shape index (κ2) is 11.0. The fourth-order valence-electron chi connectivity index (χ4n) is 2.38. The minimum Gasteiger partial charge on any atom is -0.357 e. The molecular weight excluding hydrogens is 394 g/mol. The normalized spacial score (nSPS) is 11.6. The maximum atomic E-state index is 12.2. The number of hydrogen-bond donors (Lipinski definition) is 3. The molecular formula is C20H28ClN5OS. The fourth-order valence-corrected chi connectivity index (χ4v) is 3.54. The van der Waals surface area contributed by atoms with E-state index in [2.05, 4.69) is 45.2 Å². The Kier molecular flexibility index (Phi) is 8.73. The molecule has 2 rings (SSSR count). The van der Waals surface area contributed by atoms with Gasteiger partial charge in [0.05, 0.1) is 22.9 Å². The standard InChI is InChI=1S/C20H28ClN5OS/c1-5-22-20(24-11-19-26-17(12-28-19)13(2)3)23-9-8-18(27)25-16-7-6-14(4)10-15(16)21/h6-7,10,12-13H,5,8-9,11H2,1-4H3,(H,25,27)(H2,22,23,24). The fraction of sp³-hybridized carbons (Fsp3) is 0.450. The first-order valence-corrected chi connectivity index (χ1v) is 10.7. The average Bonchev–Trinajstić information content (AvgIpc) is 3.11. The molecule has 0 spiro atoms. The lowest BCUT2D eigenvalue weighted by Crippen LogP contribution is -2.38. The molecule has 0 atom stereocenters. The number of thiazole rings is 1. The van der Waals surface area contributed by atoms with Gasteiger partial charge in [-0.2, -0.15) is 0 Å². The van der Waals surface area contributed by atoms with Gasteiger partial charge in [0.15, 0.2) is 5.96 Å². The van der Waals surface area contributed by atoms with E-state index in [1.54, 1.807) is 11.3 Å². The minimum absolute atomic E-state index is 0.101. The number of guanidine groups is 1. The average molecular weight is 422 g/mol. The van der Waals surface area contributed by atoms with Crippen molar-refractivity contribution in [3.05, 3.63) is 44.9 Å². The molecule has 0 unspecified atom stereocenters. The number of aryl methyl sites for hydroxylation is 1. The van der Waals surface area contributed by atoms with Gasteiger partial charge in [0, 0.05) is 24.9 Å². The van der Waals surface area contributed by atoms with Crippen molar-refractivity contribution in [2.45, 2.75) is 46.6 Å². The lowest BCUT2D eigenvalue weighted by Gasteiger charge is -2.11. The van der Waals surface area contributed by atoms with Crippen LogP contribution in [0.2, 0.25) is 5.02 Å². The van der Waals surface area contributed by atoms with Crippen molar-refractivity contribution < 1.29 is 4.79 Å². The number of halogens is 1. The maximum Gasteiger partial charge on any atom is 0.226 e. The molecule has 1 heterocycles. The smallest absolute Gasteiger partial charge is 0.226 e. The Hall–Kier alpha value is -2.12. The van der Waals surface area contributed by atoms with Crippen molar-refractivity contribution in [3.8, 4) is 0 Å². The molecule has 2 aromatic rings. The van der Waals surface area contributed by atoms with E-state index in [0.29, 0.717) is 42.1 Å². The number of anilines is 1. The summed E-state index contributed by atoms with van der Waals surface area (Å²) >= 11 is 7.78. The lowest BCUT2D eigenvalue weighted by molar-refractivity contribution is -0.116. The van der Waals surface area contributed by atoms with E-state index in [9.17, 15) is 4.79 Å². The highest BCUT2D eigenvalue weighted by Gasteiger charge is 2.08. The highest BCUT2D eigenvalue weighted by Crippen LogP contribution is 2.22. The molecule has 1 aromatic carbocycles. The van der Waals surface area contributed by atoms with Crippen LogP contribution in [0.3, 0.4) is 0 Å². The van der Waals surface area contributed by atoms with Crippen molar-refractivity contribution in [2.75, 3.05) is 18.4 Å². The van der Waals surface area contributed by atoms with Crippen molar-refractivity contribution in [1.29, 1.82) is 0 Å². The van der Waals surface area contributed by atoms with Crippen LogP contribution in [0.15, 0.2) is 28.6 Å². The molecule has 152 valence electrons. The molecule has 8 heteroatoms. The predicted molar refractivity (Wildman–Crippen MR) is 118 cm³/mol. The third-order valence-electron chi connectivity index (χ3n) is 3.92. The molecule has 0 fully saturated rings. The van der Waals surface area contributed by atoms with Crippen LogP contribution in [-0.2, 0) is 11.3 Å². The van der Waals surface area contributed by atoms with E-state index in [1.807, 2.05) is 32.0 Å². The molecule has 0 aliphatic carbocycles. The van der Waals surface area contributed by atoms with E-state index in [-0.39, 0.29) is 5.91 Å². The van der Waals surface area contributed by atoms with E-state index >= 15 is 0 Å². The molecule has 0 saturated heterocycles. The molecule has 28 heavy (non-hydrogen) atoms. The number of carbonyl (C=O) groups is 1. The molecule has 0 bridgehead atoms. The molecule has 1 amide bonds. The van der Waals surface area contributed by atoms with Crippen molar-refractivity contribution in [3.63, 3.8) is 0 Å². The number of rotatable bonds is 8. The minimum atomic E-state index is -0.101. The second-order valence-electron chi connectivity index (χ2n) is 6.72. The molecule has 0 aliphatic rings. The Labute approximate surface area is 175 Å². The monoisotopic (exact) mass is 421 g/mol. The van der Waals surface area contributed by atoms with Gasteiger partial charge in [0.25, 0.3) is 0 Å². The van der Waals surface area contributed by atoms with E-state index in [1.165, 1.54) is 0 Å². The summed E-state index contributed by atoms with van der Waals surface area (Å²) in [5, 5.41) is 12.8. The maximum absolute atomic E-state index is 12.2. The van der Waals surface area contributed by atoms with Crippen molar-refractivity contribution in [1.82, 2.24) is 15.6 Å². The Morgan fingerprint density at radius 2 is 2.11 bits per heavy atom. The summed E-state index contributed by atoms with van der Waals surface area (Å²) in [6.45, 7) is 9.94.